The predicted molar refractivity (Wildman–Crippen MR) is 114 cm³/mol. The van der Waals surface area contributed by atoms with Gasteiger partial charge in [-0.25, -0.2) is 9.37 Å². The average molecular weight is 382 g/mol. The molecule has 0 spiro atoms. The summed E-state index contributed by atoms with van der Waals surface area (Å²) in [4.78, 5) is 10.1. The van der Waals surface area contributed by atoms with Gasteiger partial charge in [-0.2, -0.15) is 0 Å². The van der Waals surface area contributed by atoms with Gasteiger partial charge in [0.1, 0.15) is 11.6 Å². The molecule has 0 atom stereocenters. The first kappa shape index (κ1) is 19.4. The molecule has 0 saturated carbocycles. The lowest BCUT2D eigenvalue weighted by Gasteiger charge is -2.36. The van der Waals surface area contributed by atoms with Crippen molar-refractivity contribution in [3.05, 3.63) is 47.4 Å². The van der Waals surface area contributed by atoms with E-state index < -0.39 is 0 Å². The van der Waals surface area contributed by atoms with E-state index in [0.29, 0.717) is 0 Å². The summed E-state index contributed by atoms with van der Waals surface area (Å²) in [5.41, 5.74) is 5.04. The molecule has 2 heterocycles. The third kappa shape index (κ3) is 4.38. The normalized spacial score (nSPS) is 18.4. The minimum atomic E-state index is -0.173. The average Bonchev–Trinajstić information content (AvgIpc) is 2.69. The highest BCUT2D eigenvalue weighted by atomic mass is 19.1. The number of aromatic nitrogens is 1. The molecule has 28 heavy (non-hydrogen) atoms. The predicted octanol–water partition coefficient (Wildman–Crippen LogP) is 5.08. The molecule has 4 heteroatoms. The van der Waals surface area contributed by atoms with Gasteiger partial charge in [-0.3, -0.25) is 4.90 Å². The lowest BCUT2D eigenvalue weighted by Crippen LogP contribution is -2.46. The summed E-state index contributed by atoms with van der Waals surface area (Å²) in [5, 5.41) is 0. The van der Waals surface area contributed by atoms with Crippen LogP contribution in [0.5, 0.6) is 0 Å². The Balaban J connectivity index is 1.68. The molecule has 0 unspecified atom stereocenters. The van der Waals surface area contributed by atoms with E-state index in [-0.39, 0.29) is 5.82 Å². The Morgan fingerprint density at radius 1 is 0.929 bits per heavy atom. The van der Waals surface area contributed by atoms with Crippen molar-refractivity contribution in [1.29, 1.82) is 0 Å². The standard InChI is InChI=1S/C24H32FN3/c1-2-13-27-14-16-28(17-15-27)24-18-22(19-9-11-20(25)12-10-19)21-7-5-3-4-6-8-23(21)26-24/h9-12,18H,2-8,13-17H2,1H3. The number of piperazine rings is 1. The second-order valence-corrected chi connectivity index (χ2v) is 8.20. The van der Waals surface area contributed by atoms with Crippen LogP contribution >= 0.6 is 0 Å². The Bertz CT molecular complexity index is 779. The zero-order valence-electron chi connectivity index (χ0n) is 17.1. The van der Waals surface area contributed by atoms with Crippen molar-refractivity contribution in [2.24, 2.45) is 0 Å². The third-order valence-electron chi connectivity index (χ3n) is 6.18. The number of hydrogen-bond donors (Lipinski definition) is 0. The zero-order valence-corrected chi connectivity index (χ0v) is 17.1. The molecule has 1 fully saturated rings. The number of rotatable bonds is 4. The molecular formula is C24H32FN3. The summed E-state index contributed by atoms with van der Waals surface area (Å²) < 4.78 is 13.5. The molecule has 0 radical (unpaired) electrons. The number of halogens is 1. The van der Waals surface area contributed by atoms with Crippen LogP contribution in [0.3, 0.4) is 0 Å². The van der Waals surface area contributed by atoms with Crippen LogP contribution in [-0.2, 0) is 12.8 Å². The fourth-order valence-corrected chi connectivity index (χ4v) is 4.61. The van der Waals surface area contributed by atoms with Gasteiger partial charge in [-0.05, 0) is 73.5 Å². The van der Waals surface area contributed by atoms with Crippen molar-refractivity contribution >= 4 is 5.82 Å². The summed E-state index contributed by atoms with van der Waals surface area (Å²) in [6, 6.07) is 9.27. The van der Waals surface area contributed by atoms with Crippen molar-refractivity contribution in [1.82, 2.24) is 9.88 Å². The van der Waals surface area contributed by atoms with Gasteiger partial charge in [0.15, 0.2) is 0 Å². The van der Waals surface area contributed by atoms with Gasteiger partial charge in [0, 0.05) is 31.9 Å². The number of benzene rings is 1. The highest BCUT2D eigenvalue weighted by Crippen LogP contribution is 2.33. The molecule has 2 aliphatic rings. The zero-order chi connectivity index (χ0) is 19.3. The van der Waals surface area contributed by atoms with Crippen LogP contribution in [0, 0.1) is 5.82 Å². The molecule has 1 aromatic heterocycles. The topological polar surface area (TPSA) is 19.4 Å². The lowest BCUT2D eigenvalue weighted by atomic mass is 9.90. The molecule has 150 valence electrons. The molecule has 1 saturated heterocycles. The molecule has 4 rings (SSSR count). The quantitative estimate of drug-likeness (QED) is 0.736. The van der Waals surface area contributed by atoms with Crippen LogP contribution in [0.15, 0.2) is 30.3 Å². The number of fused-ring (bicyclic) bond motifs is 1. The highest BCUT2D eigenvalue weighted by molar-refractivity contribution is 5.72. The van der Waals surface area contributed by atoms with Crippen LogP contribution in [0.1, 0.15) is 50.3 Å². The van der Waals surface area contributed by atoms with Gasteiger partial charge < -0.3 is 4.90 Å². The Kier molecular flexibility index (Phi) is 6.26. The van der Waals surface area contributed by atoms with E-state index in [9.17, 15) is 4.39 Å². The second-order valence-electron chi connectivity index (χ2n) is 8.20. The summed E-state index contributed by atoms with van der Waals surface area (Å²) in [5.74, 6) is 0.933. The SMILES string of the molecule is CCCN1CCN(c2cc(-c3ccc(F)cc3)c3c(n2)CCCCCC3)CC1. The first-order valence-corrected chi connectivity index (χ1v) is 11.0. The van der Waals surface area contributed by atoms with E-state index in [1.807, 2.05) is 12.1 Å². The molecule has 1 aliphatic heterocycles. The van der Waals surface area contributed by atoms with Crippen LogP contribution in [0.25, 0.3) is 11.1 Å². The Morgan fingerprint density at radius 2 is 1.64 bits per heavy atom. The van der Waals surface area contributed by atoms with E-state index in [0.717, 1.165) is 50.4 Å². The largest absolute Gasteiger partial charge is 0.354 e. The maximum Gasteiger partial charge on any atom is 0.129 e. The van der Waals surface area contributed by atoms with Gasteiger partial charge in [0.25, 0.3) is 0 Å². The van der Waals surface area contributed by atoms with Gasteiger partial charge in [-0.1, -0.05) is 31.9 Å². The highest BCUT2D eigenvalue weighted by Gasteiger charge is 2.21. The van der Waals surface area contributed by atoms with Crippen molar-refractivity contribution in [3.8, 4) is 11.1 Å². The second kappa shape index (κ2) is 9.04. The van der Waals surface area contributed by atoms with Crippen molar-refractivity contribution < 1.29 is 4.39 Å². The Labute approximate surface area is 168 Å². The van der Waals surface area contributed by atoms with Gasteiger partial charge in [0.05, 0.1) is 0 Å². The van der Waals surface area contributed by atoms with Crippen molar-refractivity contribution in [3.63, 3.8) is 0 Å². The van der Waals surface area contributed by atoms with Crippen LogP contribution in [0.2, 0.25) is 0 Å². The molecule has 2 aromatic rings. The minimum Gasteiger partial charge on any atom is -0.354 e. The first-order chi connectivity index (χ1) is 13.7. The van der Waals surface area contributed by atoms with E-state index in [2.05, 4.69) is 22.8 Å². The summed E-state index contributed by atoms with van der Waals surface area (Å²) in [6.45, 7) is 7.73. The Morgan fingerprint density at radius 3 is 2.36 bits per heavy atom. The molecule has 3 nitrogen and oxygen atoms in total. The molecule has 0 amide bonds. The number of pyridine rings is 1. The summed E-state index contributed by atoms with van der Waals surface area (Å²) in [6.07, 6.45) is 8.39. The maximum atomic E-state index is 13.5. The van der Waals surface area contributed by atoms with Crippen LogP contribution in [-0.4, -0.2) is 42.6 Å². The fraction of sp³-hybridized carbons (Fsp3) is 0.542. The van der Waals surface area contributed by atoms with E-state index in [1.54, 1.807) is 12.1 Å². The third-order valence-corrected chi connectivity index (χ3v) is 6.18. The van der Waals surface area contributed by atoms with Gasteiger partial charge in [0.2, 0.25) is 0 Å². The molecule has 1 aliphatic carbocycles. The van der Waals surface area contributed by atoms with Gasteiger partial charge >= 0.3 is 0 Å². The molecule has 1 aromatic carbocycles. The van der Waals surface area contributed by atoms with Crippen molar-refractivity contribution in [2.75, 3.05) is 37.6 Å². The number of anilines is 1. The molecule has 0 bridgehead atoms. The maximum absolute atomic E-state index is 13.5. The summed E-state index contributed by atoms with van der Waals surface area (Å²) >= 11 is 0. The van der Waals surface area contributed by atoms with E-state index in [4.69, 9.17) is 4.98 Å². The Hall–Kier alpha value is -1.94. The summed E-state index contributed by atoms with van der Waals surface area (Å²) in [7, 11) is 0. The lowest BCUT2D eigenvalue weighted by molar-refractivity contribution is 0.258. The number of aryl methyl sites for hydroxylation is 1. The first-order valence-electron chi connectivity index (χ1n) is 11.0. The molecule has 0 N–H and O–H groups in total. The van der Waals surface area contributed by atoms with Crippen molar-refractivity contribution in [2.45, 2.75) is 51.9 Å². The molecular weight excluding hydrogens is 349 g/mol. The number of nitrogens with zero attached hydrogens (tertiary/aromatic N) is 3. The fourth-order valence-electron chi connectivity index (χ4n) is 4.61. The van der Waals surface area contributed by atoms with Gasteiger partial charge in [-0.15, -0.1) is 0 Å². The minimum absolute atomic E-state index is 0.173. The number of hydrogen-bond acceptors (Lipinski definition) is 3. The van der Waals surface area contributed by atoms with E-state index in [1.165, 1.54) is 55.5 Å². The smallest absolute Gasteiger partial charge is 0.129 e. The monoisotopic (exact) mass is 381 g/mol. The van der Waals surface area contributed by atoms with Crippen LogP contribution in [0.4, 0.5) is 10.2 Å². The van der Waals surface area contributed by atoms with Crippen LogP contribution < -0.4 is 4.90 Å². The van der Waals surface area contributed by atoms with E-state index >= 15 is 0 Å².